The molecule has 1 aliphatic carbocycles. The first-order valence-corrected chi connectivity index (χ1v) is 6.33. The summed E-state index contributed by atoms with van der Waals surface area (Å²) in [4.78, 5) is 21.9. The molecular weight excluding hydrogens is 246 g/mol. The molecule has 1 saturated carbocycles. The van der Waals surface area contributed by atoms with Gasteiger partial charge in [-0.1, -0.05) is 0 Å². The van der Waals surface area contributed by atoms with Crippen LogP contribution in [0.3, 0.4) is 0 Å². The third-order valence-electron chi connectivity index (χ3n) is 3.82. The second kappa shape index (κ2) is 3.79. The van der Waals surface area contributed by atoms with Crippen LogP contribution in [0.4, 0.5) is 5.69 Å². The predicted octanol–water partition coefficient (Wildman–Crippen LogP) is 2.99. The number of rotatable bonds is 3. The lowest BCUT2D eigenvalue weighted by Gasteiger charge is -2.16. The zero-order valence-corrected chi connectivity index (χ0v) is 10.8. The molecule has 5 nitrogen and oxygen atoms in total. The number of hydrogen-bond donors (Lipinski definition) is 1. The Morgan fingerprint density at radius 2 is 2.21 bits per heavy atom. The zero-order valence-electron chi connectivity index (χ0n) is 10.8. The van der Waals surface area contributed by atoms with Gasteiger partial charge in [-0.2, -0.15) is 0 Å². The molecule has 1 N–H and O–H groups in total. The van der Waals surface area contributed by atoms with Crippen LogP contribution in [-0.2, 0) is 11.2 Å². The number of ether oxygens (including phenoxy) is 1. The van der Waals surface area contributed by atoms with Crippen molar-refractivity contribution >= 4 is 11.7 Å². The van der Waals surface area contributed by atoms with Gasteiger partial charge in [0.2, 0.25) is 0 Å². The zero-order chi connectivity index (χ0) is 13.8. The van der Waals surface area contributed by atoms with E-state index >= 15 is 0 Å². The number of nitroso groups, excluding NO2 is 1. The Labute approximate surface area is 110 Å². The van der Waals surface area contributed by atoms with Gasteiger partial charge >= 0.3 is 5.97 Å². The van der Waals surface area contributed by atoms with Crippen molar-refractivity contribution in [3.8, 4) is 5.75 Å². The molecule has 0 radical (unpaired) electrons. The Hall–Kier alpha value is -1.91. The molecule has 1 unspecified atom stereocenters. The minimum absolute atomic E-state index is 0.109. The van der Waals surface area contributed by atoms with Crippen LogP contribution in [0.5, 0.6) is 5.75 Å². The van der Waals surface area contributed by atoms with Crippen molar-refractivity contribution in [2.24, 2.45) is 11.1 Å². The number of fused-ring (bicyclic) bond motifs is 1. The van der Waals surface area contributed by atoms with Crippen LogP contribution in [0.2, 0.25) is 0 Å². The largest absolute Gasteiger partial charge is 0.487 e. The van der Waals surface area contributed by atoms with Gasteiger partial charge in [-0.15, -0.1) is 4.91 Å². The van der Waals surface area contributed by atoms with E-state index in [0.29, 0.717) is 17.7 Å². The smallest absolute Gasteiger partial charge is 0.307 e. The summed E-state index contributed by atoms with van der Waals surface area (Å²) in [5, 5.41) is 12.0. The minimum atomic E-state index is -0.816. The quantitative estimate of drug-likeness (QED) is 0.848. The molecule has 0 aromatic heterocycles. The van der Waals surface area contributed by atoms with Gasteiger partial charge in [-0.05, 0) is 43.1 Å². The fourth-order valence-electron chi connectivity index (χ4n) is 2.84. The fraction of sp³-hybridized carbons (Fsp3) is 0.500. The van der Waals surface area contributed by atoms with E-state index in [4.69, 9.17) is 9.84 Å². The molecule has 0 saturated heterocycles. The van der Waals surface area contributed by atoms with Crippen LogP contribution in [0.1, 0.15) is 37.3 Å². The molecule has 3 rings (SSSR count). The third-order valence-corrected chi connectivity index (χ3v) is 3.82. The second-order valence-electron chi connectivity index (χ2n) is 5.94. The summed E-state index contributed by atoms with van der Waals surface area (Å²) < 4.78 is 5.82. The standard InChI is InChI=1S/C14H15NO4/c1-14(2)6-7-3-11(15-18)9(5-12(7)19-14)8-4-10(8)13(16)17/h3,5,8,10H,4,6H2,1-2H3,(H,16,17)/t8?,10-/m1/s1. The molecule has 2 atom stereocenters. The topological polar surface area (TPSA) is 76.0 Å². The van der Waals surface area contributed by atoms with E-state index in [9.17, 15) is 9.70 Å². The Balaban J connectivity index is 1.99. The van der Waals surface area contributed by atoms with Crippen molar-refractivity contribution in [3.63, 3.8) is 0 Å². The molecule has 0 spiro atoms. The van der Waals surface area contributed by atoms with Crippen molar-refractivity contribution in [1.29, 1.82) is 0 Å². The van der Waals surface area contributed by atoms with Crippen molar-refractivity contribution in [2.45, 2.75) is 38.2 Å². The average Bonchev–Trinajstić information content (AvgIpc) is 3.04. The van der Waals surface area contributed by atoms with Gasteiger partial charge in [0.05, 0.1) is 5.92 Å². The summed E-state index contributed by atoms with van der Waals surface area (Å²) in [6.45, 7) is 3.97. The number of hydrogen-bond acceptors (Lipinski definition) is 4. The van der Waals surface area contributed by atoms with Crippen LogP contribution < -0.4 is 4.74 Å². The third kappa shape index (κ3) is 1.99. The van der Waals surface area contributed by atoms with Crippen molar-refractivity contribution in [3.05, 3.63) is 28.2 Å². The highest BCUT2D eigenvalue weighted by Gasteiger charge is 2.46. The SMILES string of the molecule is CC1(C)Cc2cc(N=O)c(C3C[C@H]3C(=O)O)cc2O1. The lowest BCUT2D eigenvalue weighted by Crippen LogP contribution is -2.24. The molecule has 0 amide bonds. The minimum Gasteiger partial charge on any atom is -0.487 e. The Kier molecular flexibility index (Phi) is 2.42. The van der Waals surface area contributed by atoms with Crippen molar-refractivity contribution in [2.75, 3.05) is 0 Å². The first-order valence-electron chi connectivity index (χ1n) is 6.33. The lowest BCUT2D eigenvalue weighted by atomic mass is 9.98. The second-order valence-corrected chi connectivity index (χ2v) is 5.94. The summed E-state index contributed by atoms with van der Waals surface area (Å²) in [5.74, 6) is -0.567. The maximum Gasteiger partial charge on any atom is 0.307 e. The first-order chi connectivity index (χ1) is 8.91. The molecule has 1 heterocycles. The van der Waals surface area contributed by atoms with Crippen LogP contribution in [0, 0.1) is 10.8 Å². The van der Waals surface area contributed by atoms with E-state index in [0.717, 1.165) is 17.7 Å². The molecule has 0 bridgehead atoms. The van der Waals surface area contributed by atoms with Gasteiger partial charge < -0.3 is 9.84 Å². The molecular formula is C14H15NO4. The number of nitrogens with zero attached hydrogens (tertiary/aromatic N) is 1. The normalized spacial score (nSPS) is 26.4. The Morgan fingerprint density at radius 3 is 2.79 bits per heavy atom. The van der Waals surface area contributed by atoms with Crippen LogP contribution in [-0.4, -0.2) is 16.7 Å². The fourth-order valence-corrected chi connectivity index (χ4v) is 2.84. The van der Waals surface area contributed by atoms with Gasteiger partial charge in [-0.3, -0.25) is 4.79 Å². The van der Waals surface area contributed by atoms with E-state index in [2.05, 4.69) is 5.18 Å². The summed E-state index contributed by atoms with van der Waals surface area (Å²) >= 11 is 0. The van der Waals surface area contributed by atoms with Gasteiger partial charge in [0.1, 0.15) is 17.0 Å². The molecule has 5 heteroatoms. The van der Waals surface area contributed by atoms with Crippen LogP contribution in [0.25, 0.3) is 0 Å². The van der Waals surface area contributed by atoms with Gasteiger partial charge in [-0.25, -0.2) is 0 Å². The summed E-state index contributed by atoms with van der Waals surface area (Å²) in [5.41, 5.74) is 1.75. The maximum absolute atomic E-state index is 11.0. The Bertz CT molecular complexity index is 579. The number of aliphatic carboxylic acids is 1. The first kappa shape index (κ1) is 12.1. The average molecular weight is 261 g/mol. The van der Waals surface area contributed by atoms with Crippen molar-refractivity contribution < 1.29 is 14.6 Å². The van der Waals surface area contributed by atoms with Crippen LogP contribution in [0.15, 0.2) is 17.3 Å². The van der Waals surface area contributed by atoms with Gasteiger partial charge in [0, 0.05) is 17.9 Å². The highest BCUT2D eigenvalue weighted by Crippen LogP contribution is 2.52. The highest BCUT2D eigenvalue weighted by molar-refractivity contribution is 5.76. The number of carboxylic acid groups (broad SMARTS) is 1. The van der Waals surface area contributed by atoms with E-state index in [-0.39, 0.29) is 11.5 Å². The van der Waals surface area contributed by atoms with E-state index in [1.807, 2.05) is 13.8 Å². The number of carbonyl (C=O) groups is 1. The maximum atomic E-state index is 11.0. The monoisotopic (exact) mass is 261 g/mol. The molecule has 100 valence electrons. The molecule has 2 aliphatic rings. The summed E-state index contributed by atoms with van der Waals surface area (Å²) in [7, 11) is 0. The van der Waals surface area contributed by atoms with E-state index in [1.165, 1.54) is 0 Å². The van der Waals surface area contributed by atoms with E-state index in [1.54, 1.807) is 12.1 Å². The van der Waals surface area contributed by atoms with E-state index < -0.39 is 11.9 Å². The predicted molar refractivity (Wildman–Crippen MR) is 68.8 cm³/mol. The summed E-state index contributed by atoms with van der Waals surface area (Å²) in [6.07, 6.45) is 1.30. The molecule has 19 heavy (non-hydrogen) atoms. The molecule has 1 aromatic carbocycles. The van der Waals surface area contributed by atoms with Crippen molar-refractivity contribution in [1.82, 2.24) is 0 Å². The highest BCUT2D eigenvalue weighted by atomic mass is 16.5. The van der Waals surface area contributed by atoms with Crippen LogP contribution >= 0.6 is 0 Å². The lowest BCUT2D eigenvalue weighted by molar-refractivity contribution is -0.138. The van der Waals surface area contributed by atoms with Gasteiger partial charge in [0.15, 0.2) is 0 Å². The summed E-state index contributed by atoms with van der Waals surface area (Å²) in [6, 6.07) is 3.54. The Morgan fingerprint density at radius 1 is 1.47 bits per heavy atom. The number of benzene rings is 1. The number of carboxylic acids is 1. The molecule has 1 aromatic rings. The van der Waals surface area contributed by atoms with Gasteiger partial charge in [0.25, 0.3) is 0 Å². The molecule has 1 fully saturated rings. The molecule has 1 aliphatic heterocycles.